The van der Waals surface area contributed by atoms with E-state index in [9.17, 15) is 0 Å². The molecule has 48 valence electrons. The number of rotatable bonds is 1. The van der Waals surface area contributed by atoms with Crippen LogP contribution in [-0.4, -0.2) is 10.2 Å². The topological polar surface area (TPSA) is 0 Å². The van der Waals surface area contributed by atoms with Crippen LogP contribution in [0.15, 0.2) is 30.3 Å². The fourth-order valence-corrected chi connectivity index (χ4v) is 1.25. The molecule has 1 aromatic rings. The molecule has 0 nitrogen and oxygen atoms in total. The zero-order valence-corrected chi connectivity index (χ0v) is 8.10. The quantitative estimate of drug-likeness (QED) is 0.425. The van der Waals surface area contributed by atoms with Crippen LogP contribution in [0.2, 0.25) is 0 Å². The minimum absolute atomic E-state index is 0.270. The summed E-state index contributed by atoms with van der Waals surface area (Å²) in [5.74, 6) is 0. The summed E-state index contributed by atoms with van der Waals surface area (Å²) in [5.41, 5.74) is 1.24. The largest absolute Gasteiger partial charge is 0.123 e. The summed E-state index contributed by atoms with van der Waals surface area (Å²) >= 11 is 5.86. The molecule has 0 saturated heterocycles. The van der Waals surface area contributed by atoms with Crippen molar-refractivity contribution in [1.29, 1.82) is 0 Å². The van der Waals surface area contributed by atoms with Crippen LogP contribution < -0.4 is 0 Å². The second kappa shape index (κ2) is 3.04. The van der Waals surface area contributed by atoms with E-state index >= 15 is 0 Å². The van der Waals surface area contributed by atoms with Crippen molar-refractivity contribution in [2.45, 2.75) is 5.00 Å². The van der Waals surface area contributed by atoms with Gasteiger partial charge in [0.05, 0.1) is 0 Å². The first-order valence-corrected chi connectivity index (χ1v) is 4.59. The van der Waals surface area contributed by atoms with Crippen molar-refractivity contribution in [3.8, 4) is 0 Å². The molecule has 0 aliphatic rings. The van der Waals surface area contributed by atoms with Crippen LogP contribution in [0.4, 0.5) is 0 Å². The Morgan fingerprint density at radius 3 is 2.11 bits per heavy atom. The molecule has 0 bridgehead atoms. The Morgan fingerprint density at radius 2 is 1.78 bits per heavy atom. The summed E-state index contributed by atoms with van der Waals surface area (Å²) in [6.45, 7) is 0. The van der Waals surface area contributed by atoms with Gasteiger partial charge in [0.2, 0.25) is 0 Å². The summed E-state index contributed by atoms with van der Waals surface area (Å²) in [4.78, 5) is 0. The lowest BCUT2D eigenvalue weighted by molar-refractivity contribution is 1.35. The van der Waals surface area contributed by atoms with Crippen molar-refractivity contribution in [3.05, 3.63) is 35.9 Å². The summed E-state index contributed by atoms with van der Waals surface area (Å²) in [5, 5.41) is 0.270. The van der Waals surface area contributed by atoms with Gasteiger partial charge in [0, 0.05) is 15.2 Å². The molecule has 0 fully saturated rings. The Bertz CT molecular complexity index is 172. The van der Waals surface area contributed by atoms with E-state index in [0.717, 1.165) is 10.2 Å². The van der Waals surface area contributed by atoms with Crippen LogP contribution in [0.3, 0.4) is 0 Å². The van der Waals surface area contributed by atoms with Gasteiger partial charge in [0.15, 0.2) is 0 Å². The van der Waals surface area contributed by atoms with Crippen molar-refractivity contribution in [2.24, 2.45) is 0 Å². The smallest absolute Gasteiger partial charge is 0.0408 e. The fraction of sp³-hybridized carbons (Fsp3) is 0.143. The van der Waals surface area contributed by atoms with E-state index in [-0.39, 0.29) is 5.00 Å². The first-order valence-electron chi connectivity index (χ1n) is 2.99. The molecule has 0 aliphatic carbocycles. The molecular weight excluding hydrogens is 148 g/mol. The first-order chi connectivity index (χ1) is 4.30. The number of halogens is 1. The second-order valence-corrected chi connectivity index (χ2v) is 4.57. The highest BCUT2D eigenvalue weighted by atomic mass is 35.5. The molecule has 0 saturated carbocycles. The van der Waals surface area contributed by atoms with Crippen LogP contribution in [0.25, 0.3) is 0 Å². The number of hydrogen-bond acceptors (Lipinski definition) is 0. The highest BCUT2D eigenvalue weighted by Gasteiger charge is 1.95. The third kappa shape index (κ3) is 1.84. The maximum atomic E-state index is 5.86. The van der Waals surface area contributed by atoms with Crippen LogP contribution in [0.1, 0.15) is 10.6 Å². The second-order valence-electron chi connectivity index (χ2n) is 2.03. The Kier molecular flexibility index (Phi) is 2.31. The van der Waals surface area contributed by atoms with E-state index in [0.29, 0.717) is 0 Å². The van der Waals surface area contributed by atoms with Crippen molar-refractivity contribution in [3.63, 3.8) is 0 Å². The predicted octanol–water partition coefficient (Wildman–Crippen LogP) is 1.29. The number of hydrogen-bond donors (Lipinski definition) is 0. The standard InChI is InChI=1S/C7H9ClSi/c8-7(9)6-4-2-1-3-5-6/h1-5,7H,9H3. The summed E-state index contributed by atoms with van der Waals surface area (Å²) in [7, 11) is 1.02. The lowest BCUT2D eigenvalue weighted by Crippen LogP contribution is -1.85. The van der Waals surface area contributed by atoms with E-state index in [1.165, 1.54) is 5.56 Å². The van der Waals surface area contributed by atoms with E-state index in [1.807, 2.05) is 18.2 Å². The molecule has 0 aromatic heterocycles. The molecule has 1 rings (SSSR count). The SMILES string of the molecule is [SiH3]C(Cl)c1ccccc1. The molecule has 1 aromatic carbocycles. The number of alkyl halides is 1. The number of benzene rings is 1. The zero-order chi connectivity index (χ0) is 6.69. The highest BCUT2D eigenvalue weighted by Crippen LogP contribution is 2.14. The third-order valence-corrected chi connectivity index (χ3v) is 2.18. The van der Waals surface area contributed by atoms with Crippen molar-refractivity contribution in [1.82, 2.24) is 0 Å². The molecule has 0 amide bonds. The monoisotopic (exact) mass is 156 g/mol. The normalized spacial score (nSPS) is 13.4. The molecule has 1 unspecified atom stereocenters. The lowest BCUT2D eigenvalue weighted by Gasteiger charge is -1.99. The van der Waals surface area contributed by atoms with Gasteiger partial charge in [-0.3, -0.25) is 0 Å². The lowest BCUT2D eigenvalue weighted by atomic mass is 10.2. The first kappa shape index (κ1) is 6.84. The minimum atomic E-state index is 0.270. The molecule has 1 atom stereocenters. The van der Waals surface area contributed by atoms with Gasteiger partial charge in [-0.1, -0.05) is 30.3 Å². The Labute approximate surface area is 63.3 Å². The zero-order valence-electron chi connectivity index (χ0n) is 5.34. The third-order valence-electron chi connectivity index (χ3n) is 1.26. The van der Waals surface area contributed by atoms with Gasteiger partial charge in [0.1, 0.15) is 0 Å². The van der Waals surface area contributed by atoms with Crippen molar-refractivity contribution < 1.29 is 0 Å². The molecule has 0 N–H and O–H groups in total. The average molecular weight is 157 g/mol. The van der Waals surface area contributed by atoms with Gasteiger partial charge in [-0.15, -0.1) is 11.6 Å². The highest BCUT2D eigenvalue weighted by molar-refractivity contribution is 6.40. The average Bonchev–Trinajstić information content (AvgIpc) is 1.90. The van der Waals surface area contributed by atoms with E-state index in [1.54, 1.807) is 0 Å². The van der Waals surface area contributed by atoms with Gasteiger partial charge in [0.25, 0.3) is 0 Å². The molecule has 0 heterocycles. The summed E-state index contributed by atoms with van der Waals surface area (Å²) in [6.07, 6.45) is 0. The van der Waals surface area contributed by atoms with Gasteiger partial charge < -0.3 is 0 Å². The molecule has 0 radical (unpaired) electrons. The predicted molar refractivity (Wildman–Crippen MR) is 45.0 cm³/mol. The van der Waals surface area contributed by atoms with Crippen LogP contribution in [-0.2, 0) is 0 Å². The van der Waals surface area contributed by atoms with Crippen LogP contribution >= 0.6 is 11.6 Å². The van der Waals surface area contributed by atoms with Gasteiger partial charge >= 0.3 is 0 Å². The Morgan fingerprint density at radius 1 is 1.22 bits per heavy atom. The van der Waals surface area contributed by atoms with E-state index in [2.05, 4.69) is 12.1 Å². The summed E-state index contributed by atoms with van der Waals surface area (Å²) in [6, 6.07) is 10.2. The molecular formula is C7H9ClSi. The van der Waals surface area contributed by atoms with Crippen molar-refractivity contribution in [2.75, 3.05) is 0 Å². The van der Waals surface area contributed by atoms with Gasteiger partial charge in [-0.25, -0.2) is 0 Å². The fourth-order valence-electron chi connectivity index (χ4n) is 0.718. The van der Waals surface area contributed by atoms with Crippen LogP contribution in [0.5, 0.6) is 0 Å². The molecule has 0 spiro atoms. The maximum absolute atomic E-state index is 5.86. The minimum Gasteiger partial charge on any atom is -0.123 e. The molecule has 0 aliphatic heterocycles. The van der Waals surface area contributed by atoms with E-state index in [4.69, 9.17) is 11.6 Å². The van der Waals surface area contributed by atoms with Crippen LogP contribution in [0, 0.1) is 0 Å². The maximum Gasteiger partial charge on any atom is 0.0408 e. The van der Waals surface area contributed by atoms with E-state index < -0.39 is 0 Å². The molecule has 2 heteroatoms. The Balaban J connectivity index is 2.85. The summed E-state index contributed by atoms with van der Waals surface area (Å²) < 4.78 is 0. The van der Waals surface area contributed by atoms with Gasteiger partial charge in [-0.05, 0) is 5.56 Å². The van der Waals surface area contributed by atoms with Crippen molar-refractivity contribution >= 4 is 21.8 Å². The van der Waals surface area contributed by atoms with Gasteiger partial charge in [-0.2, -0.15) is 0 Å². The molecule has 9 heavy (non-hydrogen) atoms. The Hall–Kier alpha value is -0.273.